The zero-order valence-electron chi connectivity index (χ0n) is 15.8. The lowest BCUT2D eigenvalue weighted by Crippen LogP contribution is -2.54. The van der Waals surface area contributed by atoms with Crippen LogP contribution in [0.1, 0.15) is 63.0 Å². The average molecular weight is 344 g/mol. The lowest BCUT2D eigenvalue weighted by Gasteiger charge is -2.52. The van der Waals surface area contributed by atoms with Crippen molar-refractivity contribution in [2.45, 2.75) is 75.9 Å². The Balaban J connectivity index is 1.65. The summed E-state index contributed by atoms with van der Waals surface area (Å²) in [6, 6.07) is 7.31. The van der Waals surface area contributed by atoms with E-state index in [9.17, 15) is 5.11 Å². The maximum absolute atomic E-state index is 10.6. The standard InChI is InChI=1S/C22H33NO2/c1-3-4-19(24)14-22-9-10-23(15-16-5-6-16)18(13-22)11-17-7-8-20(25-2)12-21(17)22/h7-8,12,16,18-19,24H,3-6,9-11,13-15H2,1-2H3/t18?,19?,22-/m1/s1. The van der Waals surface area contributed by atoms with E-state index < -0.39 is 0 Å². The van der Waals surface area contributed by atoms with Crippen molar-refractivity contribution < 1.29 is 9.84 Å². The van der Waals surface area contributed by atoms with E-state index in [0.717, 1.165) is 37.4 Å². The number of nitrogens with zero attached hydrogens (tertiary/aromatic N) is 1. The molecule has 2 bridgehead atoms. The van der Waals surface area contributed by atoms with Crippen molar-refractivity contribution in [3.8, 4) is 5.75 Å². The summed E-state index contributed by atoms with van der Waals surface area (Å²) in [7, 11) is 1.75. The zero-order valence-corrected chi connectivity index (χ0v) is 15.8. The fourth-order valence-corrected chi connectivity index (χ4v) is 5.33. The molecule has 1 N–H and O–H groups in total. The maximum Gasteiger partial charge on any atom is 0.119 e. The Morgan fingerprint density at radius 3 is 2.92 bits per heavy atom. The average Bonchev–Trinajstić information content (AvgIpc) is 3.42. The summed E-state index contributed by atoms with van der Waals surface area (Å²) < 4.78 is 5.52. The third-order valence-electron chi connectivity index (χ3n) is 6.80. The maximum atomic E-state index is 10.6. The fraction of sp³-hybridized carbons (Fsp3) is 0.727. The lowest BCUT2D eigenvalue weighted by molar-refractivity contribution is 0.0380. The van der Waals surface area contributed by atoms with E-state index in [1.165, 1.54) is 49.9 Å². The Kier molecular flexibility index (Phi) is 4.81. The Labute approximate surface area is 152 Å². The molecule has 2 fully saturated rings. The first-order valence-electron chi connectivity index (χ1n) is 10.2. The van der Waals surface area contributed by atoms with E-state index in [2.05, 4.69) is 30.0 Å². The Hall–Kier alpha value is -1.06. The first-order chi connectivity index (χ1) is 12.1. The van der Waals surface area contributed by atoms with Gasteiger partial charge in [-0.05, 0) is 80.7 Å². The van der Waals surface area contributed by atoms with Gasteiger partial charge in [0, 0.05) is 18.0 Å². The van der Waals surface area contributed by atoms with Crippen molar-refractivity contribution >= 4 is 0 Å². The molecule has 2 aliphatic carbocycles. The van der Waals surface area contributed by atoms with Crippen LogP contribution in [0.2, 0.25) is 0 Å². The minimum Gasteiger partial charge on any atom is -0.497 e. The molecule has 0 radical (unpaired) electrons. The molecule has 1 saturated carbocycles. The highest BCUT2D eigenvalue weighted by molar-refractivity contribution is 5.44. The van der Waals surface area contributed by atoms with Gasteiger partial charge in [-0.2, -0.15) is 0 Å². The van der Waals surface area contributed by atoms with E-state index >= 15 is 0 Å². The lowest BCUT2D eigenvalue weighted by atomic mass is 9.61. The molecule has 0 aromatic heterocycles. The number of rotatable bonds is 7. The molecular formula is C22H33NO2. The predicted molar refractivity (Wildman–Crippen MR) is 101 cm³/mol. The first-order valence-corrected chi connectivity index (χ1v) is 10.2. The number of ether oxygens (including phenoxy) is 1. The molecule has 1 aromatic rings. The van der Waals surface area contributed by atoms with Crippen LogP contribution in [0.4, 0.5) is 0 Å². The minimum absolute atomic E-state index is 0.140. The molecule has 25 heavy (non-hydrogen) atoms. The normalized spacial score (nSPS) is 30.0. The summed E-state index contributed by atoms with van der Waals surface area (Å²) in [5.74, 6) is 1.91. The van der Waals surface area contributed by atoms with Gasteiger partial charge in [0.1, 0.15) is 5.75 Å². The van der Waals surface area contributed by atoms with Crippen molar-refractivity contribution in [1.29, 1.82) is 0 Å². The van der Waals surface area contributed by atoms with Gasteiger partial charge in [-0.1, -0.05) is 19.4 Å². The van der Waals surface area contributed by atoms with Gasteiger partial charge in [-0.15, -0.1) is 0 Å². The molecule has 0 amide bonds. The summed E-state index contributed by atoms with van der Waals surface area (Å²) in [4.78, 5) is 2.76. The Morgan fingerprint density at radius 1 is 1.36 bits per heavy atom. The van der Waals surface area contributed by atoms with Crippen LogP contribution in [0.3, 0.4) is 0 Å². The quantitative estimate of drug-likeness (QED) is 0.815. The van der Waals surface area contributed by atoms with E-state index in [1.807, 2.05) is 0 Å². The Bertz CT molecular complexity index is 612. The van der Waals surface area contributed by atoms with Crippen LogP contribution in [-0.2, 0) is 11.8 Å². The summed E-state index contributed by atoms with van der Waals surface area (Å²) in [6.45, 7) is 4.65. The highest BCUT2D eigenvalue weighted by atomic mass is 16.5. The molecule has 1 heterocycles. The van der Waals surface area contributed by atoms with Crippen molar-refractivity contribution in [3.63, 3.8) is 0 Å². The van der Waals surface area contributed by atoms with Crippen LogP contribution < -0.4 is 4.74 Å². The molecule has 1 aliphatic heterocycles. The van der Waals surface area contributed by atoms with E-state index in [0.29, 0.717) is 6.04 Å². The third kappa shape index (κ3) is 3.46. The molecule has 3 atom stereocenters. The second-order valence-electron chi connectivity index (χ2n) is 8.70. The van der Waals surface area contributed by atoms with Gasteiger partial charge in [-0.25, -0.2) is 0 Å². The molecule has 3 nitrogen and oxygen atoms in total. The minimum atomic E-state index is -0.183. The number of fused-ring (bicyclic) bond motifs is 4. The first kappa shape index (κ1) is 17.4. The highest BCUT2D eigenvalue weighted by Gasteiger charge is 2.47. The van der Waals surface area contributed by atoms with Crippen LogP contribution in [0, 0.1) is 5.92 Å². The molecule has 2 unspecified atom stereocenters. The van der Waals surface area contributed by atoms with Gasteiger partial charge in [0.25, 0.3) is 0 Å². The van der Waals surface area contributed by atoms with Crippen LogP contribution >= 0.6 is 0 Å². The van der Waals surface area contributed by atoms with Crippen LogP contribution in [0.25, 0.3) is 0 Å². The monoisotopic (exact) mass is 343 g/mol. The van der Waals surface area contributed by atoms with Gasteiger partial charge in [-0.3, -0.25) is 4.90 Å². The fourth-order valence-electron chi connectivity index (χ4n) is 5.33. The number of aliphatic hydroxyl groups is 1. The number of piperidine rings is 1. The van der Waals surface area contributed by atoms with Crippen LogP contribution in [-0.4, -0.2) is 42.4 Å². The molecule has 0 spiro atoms. The number of likely N-dealkylation sites (tertiary alicyclic amines) is 1. The smallest absolute Gasteiger partial charge is 0.119 e. The predicted octanol–water partition coefficient (Wildman–Crippen LogP) is 3.91. The number of aliphatic hydroxyl groups excluding tert-OH is 1. The summed E-state index contributed by atoms with van der Waals surface area (Å²) in [6.07, 6.45) is 9.11. The zero-order chi connectivity index (χ0) is 17.4. The van der Waals surface area contributed by atoms with Crippen LogP contribution in [0.15, 0.2) is 18.2 Å². The summed E-state index contributed by atoms with van der Waals surface area (Å²) in [5.41, 5.74) is 3.09. The third-order valence-corrected chi connectivity index (χ3v) is 6.80. The molecule has 4 rings (SSSR count). The van der Waals surface area contributed by atoms with Gasteiger partial charge in [0.15, 0.2) is 0 Å². The van der Waals surface area contributed by atoms with Gasteiger partial charge < -0.3 is 9.84 Å². The summed E-state index contributed by atoms with van der Waals surface area (Å²) in [5, 5.41) is 10.6. The number of hydrogen-bond donors (Lipinski definition) is 1. The van der Waals surface area contributed by atoms with Crippen molar-refractivity contribution in [1.82, 2.24) is 4.90 Å². The SMILES string of the molecule is CCCC(O)C[C@]12CCN(CC3CC3)C(Cc3ccc(OC)cc31)C2. The van der Waals surface area contributed by atoms with Gasteiger partial charge in [0.2, 0.25) is 0 Å². The van der Waals surface area contributed by atoms with E-state index in [-0.39, 0.29) is 11.5 Å². The van der Waals surface area contributed by atoms with Crippen LogP contribution in [0.5, 0.6) is 5.75 Å². The van der Waals surface area contributed by atoms with Gasteiger partial charge in [0.05, 0.1) is 13.2 Å². The van der Waals surface area contributed by atoms with Gasteiger partial charge >= 0.3 is 0 Å². The van der Waals surface area contributed by atoms with E-state index in [4.69, 9.17) is 4.74 Å². The molecule has 138 valence electrons. The largest absolute Gasteiger partial charge is 0.497 e. The summed E-state index contributed by atoms with van der Waals surface area (Å²) >= 11 is 0. The molecule has 1 saturated heterocycles. The van der Waals surface area contributed by atoms with Crippen molar-refractivity contribution in [3.05, 3.63) is 29.3 Å². The molecular weight excluding hydrogens is 310 g/mol. The number of hydrogen-bond acceptors (Lipinski definition) is 3. The number of methoxy groups -OCH3 is 1. The number of benzene rings is 1. The molecule has 3 heteroatoms. The van der Waals surface area contributed by atoms with E-state index in [1.54, 1.807) is 7.11 Å². The highest BCUT2D eigenvalue weighted by Crippen LogP contribution is 2.49. The second kappa shape index (κ2) is 6.92. The Morgan fingerprint density at radius 2 is 2.20 bits per heavy atom. The molecule has 3 aliphatic rings. The second-order valence-corrected chi connectivity index (χ2v) is 8.70. The topological polar surface area (TPSA) is 32.7 Å². The van der Waals surface area contributed by atoms with Crippen molar-refractivity contribution in [2.24, 2.45) is 5.92 Å². The molecule has 1 aromatic carbocycles. The van der Waals surface area contributed by atoms with Crippen molar-refractivity contribution in [2.75, 3.05) is 20.2 Å².